The van der Waals surface area contributed by atoms with Crippen molar-refractivity contribution in [3.05, 3.63) is 42.5 Å². The molecule has 0 saturated carbocycles. The highest BCUT2D eigenvalue weighted by atomic mass is 16.5. The van der Waals surface area contributed by atoms with Crippen LogP contribution in [0.4, 0.5) is 0 Å². The summed E-state index contributed by atoms with van der Waals surface area (Å²) in [6, 6.07) is 10.0. The molecule has 0 radical (unpaired) electrons. The Labute approximate surface area is 172 Å². The maximum atomic E-state index is 12.7. The largest absolute Gasteiger partial charge is 0.483 e. The zero-order valence-corrected chi connectivity index (χ0v) is 16.0. The second-order valence-electron chi connectivity index (χ2n) is 7.15. The number of hydrogen-bond donors (Lipinski definition) is 3. The van der Waals surface area contributed by atoms with Crippen molar-refractivity contribution in [2.24, 2.45) is 11.7 Å². The summed E-state index contributed by atoms with van der Waals surface area (Å²) in [6.07, 6.45) is -0.912. The standard InChI is InChI=1S/C21H22N2O7/c22-19(21(28)29)15(10-24)20(27)16-8-13(25)9-23(16)18(26)11-30-17-7-3-5-12-4-1-2-6-14(12)17/h1-7,10,13,15-16,19,25H,8-9,11,22H2,(H,28,29)/t13-,15-,16+,19?/m1/s1. The van der Waals surface area contributed by atoms with E-state index in [1.165, 1.54) is 0 Å². The highest BCUT2D eigenvalue weighted by Gasteiger charge is 2.44. The molecule has 2 aromatic rings. The molecular formula is C21H22N2O7. The van der Waals surface area contributed by atoms with Gasteiger partial charge in [0.25, 0.3) is 5.91 Å². The number of carboxylic acids is 1. The molecule has 9 heteroatoms. The Morgan fingerprint density at radius 3 is 2.60 bits per heavy atom. The van der Waals surface area contributed by atoms with E-state index in [9.17, 15) is 24.3 Å². The third-order valence-electron chi connectivity index (χ3n) is 5.18. The first kappa shape index (κ1) is 21.4. The second-order valence-corrected chi connectivity index (χ2v) is 7.15. The molecule has 1 heterocycles. The van der Waals surface area contributed by atoms with E-state index in [1.54, 1.807) is 12.1 Å². The maximum absolute atomic E-state index is 12.7. The number of ether oxygens (including phenoxy) is 1. The summed E-state index contributed by atoms with van der Waals surface area (Å²) in [6.45, 7) is -0.511. The molecule has 0 aromatic heterocycles. The van der Waals surface area contributed by atoms with Crippen LogP contribution in [-0.2, 0) is 19.2 Å². The number of fused-ring (bicyclic) bond motifs is 1. The van der Waals surface area contributed by atoms with Gasteiger partial charge in [0.2, 0.25) is 0 Å². The minimum absolute atomic E-state index is 0.102. The lowest BCUT2D eigenvalue weighted by molar-refractivity contribution is -0.147. The van der Waals surface area contributed by atoms with Gasteiger partial charge in [0.15, 0.2) is 12.4 Å². The second kappa shape index (κ2) is 9.02. The fourth-order valence-corrected chi connectivity index (χ4v) is 3.61. The number of β-amino-alcohol motifs (C(OH)–C–C–N with tert-alkyl or cyclic N) is 1. The first-order chi connectivity index (χ1) is 14.3. The number of ketones is 1. The quantitative estimate of drug-likeness (QED) is 0.403. The van der Waals surface area contributed by atoms with Gasteiger partial charge in [-0.15, -0.1) is 0 Å². The number of aliphatic carboxylic acids is 1. The van der Waals surface area contributed by atoms with E-state index < -0.39 is 41.8 Å². The monoisotopic (exact) mass is 414 g/mol. The number of carbonyl (C=O) groups excluding carboxylic acids is 3. The number of Topliss-reactive ketones (excluding diaryl/α,β-unsaturated/α-hetero) is 1. The van der Waals surface area contributed by atoms with Crippen molar-refractivity contribution in [3.63, 3.8) is 0 Å². The number of amides is 1. The molecule has 9 nitrogen and oxygen atoms in total. The van der Waals surface area contributed by atoms with Crippen LogP contribution in [0.15, 0.2) is 42.5 Å². The van der Waals surface area contributed by atoms with Gasteiger partial charge in [0.05, 0.1) is 12.1 Å². The molecule has 1 unspecified atom stereocenters. The van der Waals surface area contributed by atoms with E-state index in [-0.39, 0.29) is 25.9 Å². The average Bonchev–Trinajstić information content (AvgIpc) is 3.14. The van der Waals surface area contributed by atoms with Crippen molar-refractivity contribution in [1.29, 1.82) is 0 Å². The number of likely N-dealkylation sites (tertiary alicyclic amines) is 1. The first-order valence-electron chi connectivity index (χ1n) is 9.39. The molecule has 3 rings (SSSR count). The zero-order chi connectivity index (χ0) is 21.8. The minimum Gasteiger partial charge on any atom is -0.483 e. The summed E-state index contributed by atoms with van der Waals surface area (Å²) < 4.78 is 5.66. The molecule has 0 spiro atoms. The molecule has 1 aliphatic heterocycles. The SMILES string of the molecule is NC(C(=O)O)[C@@H](C=O)C(=O)[C@@H]1C[C@@H](O)CN1C(=O)COc1cccc2ccccc12. The molecule has 4 atom stereocenters. The van der Waals surface area contributed by atoms with Gasteiger partial charge in [-0.3, -0.25) is 14.4 Å². The lowest BCUT2D eigenvalue weighted by Gasteiger charge is -2.26. The molecule has 4 N–H and O–H groups in total. The number of nitrogens with two attached hydrogens (primary N) is 1. The van der Waals surface area contributed by atoms with Crippen LogP contribution in [0, 0.1) is 5.92 Å². The molecule has 1 fully saturated rings. The number of benzene rings is 2. The van der Waals surface area contributed by atoms with E-state index >= 15 is 0 Å². The molecule has 1 saturated heterocycles. The van der Waals surface area contributed by atoms with Gasteiger partial charge in [-0.05, 0) is 11.5 Å². The number of rotatable bonds is 8. The first-order valence-corrected chi connectivity index (χ1v) is 9.39. The Bertz CT molecular complexity index is 971. The van der Waals surface area contributed by atoms with Crippen LogP contribution < -0.4 is 10.5 Å². The smallest absolute Gasteiger partial charge is 0.321 e. The summed E-state index contributed by atoms with van der Waals surface area (Å²) in [5, 5.41) is 20.7. The fourth-order valence-electron chi connectivity index (χ4n) is 3.61. The van der Waals surface area contributed by atoms with E-state index in [1.807, 2.05) is 30.3 Å². The highest BCUT2D eigenvalue weighted by Crippen LogP contribution is 2.26. The van der Waals surface area contributed by atoms with Gasteiger partial charge in [-0.2, -0.15) is 0 Å². The predicted molar refractivity (Wildman–Crippen MR) is 106 cm³/mol. The Morgan fingerprint density at radius 2 is 1.90 bits per heavy atom. The van der Waals surface area contributed by atoms with Crippen molar-refractivity contribution >= 4 is 34.7 Å². The Kier molecular flexibility index (Phi) is 6.43. The normalized spacial score (nSPS) is 20.5. The number of carboxylic acid groups (broad SMARTS) is 1. The number of nitrogens with zero attached hydrogens (tertiary/aromatic N) is 1. The topological polar surface area (TPSA) is 147 Å². The van der Waals surface area contributed by atoms with Crippen LogP contribution in [0.3, 0.4) is 0 Å². The number of carbonyl (C=O) groups is 4. The van der Waals surface area contributed by atoms with Crippen molar-refractivity contribution in [1.82, 2.24) is 4.90 Å². The van der Waals surface area contributed by atoms with E-state index in [0.29, 0.717) is 5.75 Å². The van der Waals surface area contributed by atoms with Crippen LogP contribution in [0.25, 0.3) is 10.8 Å². The van der Waals surface area contributed by atoms with E-state index in [0.717, 1.165) is 15.7 Å². The van der Waals surface area contributed by atoms with Gasteiger partial charge < -0.3 is 30.4 Å². The van der Waals surface area contributed by atoms with Crippen molar-refractivity contribution in [3.8, 4) is 5.75 Å². The molecule has 158 valence electrons. The summed E-state index contributed by atoms with van der Waals surface area (Å²) in [5.41, 5.74) is 5.44. The summed E-state index contributed by atoms with van der Waals surface area (Å²) in [7, 11) is 0. The lowest BCUT2D eigenvalue weighted by atomic mass is 9.91. The summed E-state index contributed by atoms with van der Waals surface area (Å²) in [4.78, 5) is 48.9. The van der Waals surface area contributed by atoms with Gasteiger partial charge >= 0.3 is 5.97 Å². The number of aliphatic hydroxyl groups excluding tert-OH is 1. The van der Waals surface area contributed by atoms with Crippen LogP contribution in [0.5, 0.6) is 5.75 Å². The van der Waals surface area contributed by atoms with Gasteiger partial charge in [0.1, 0.15) is 24.0 Å². The molecule has 2 aromatic carbocycles. The molecule has 0 bridgehead atoms. The predicted octanol–water partition coefficient (Wildman–Crippen LogP) is -0.0235. The summed E-state index contributed by atoms with van der Waals surface area (Å²) in [5.74, 6) is -4.01. The maximum Gasteiger partial charge on any atom is 0.321 e. The highest BCUT2D eigenvalue weighted by molar-refractivity contribution is 6.03. The summed E-state index contributed by atoms with van der Waals surface area (Å²) >= 11 is 0. The third kappa shape index (κ3) is 4.32. The van der Waals surface area contributed by atoms with Gasteiger partial charge in [-0.1, -0.05) is 36.4 Å². The number of aliphatic hydroxyl groups is 1. The van der Waals surface area contributed by atoms with Crippen LogP contribution in [-0.4, -0.2) is 70.4 Å². The Morgan fingerprint density at radius 1 is 1.20 bits per heavy atom. The van der Waals surface area contributed by atoms with Crippen molar-refractivity contribution in [2.45, 2.75) is 24.6 Å². The average molecular weight is 414 g/mol. The van der Waals surface area contributed by atoms with E-state index in [4.69, 9.17) is 15.6 Å². The number of hydrogen-bond acceptors (Lipinski definition) is 7. The van der Waals surface area contributed by atoms with Crippen LogP contribution in [0.2, 0.25) is 0 Å². The zero-order valence-electron chi connectivity index (χ0n) is 16.0. The molecule has 30 heavy (non-hydrogen) atoms. The van der Waals surface area contributed by atoms with E-state index in [2.05, 4.69) is 0 Å². The molecular weight excluding hydrogens is 392 g/mol. The third-order valence-corrected chi connectivity index (χ3v) is 5.18. The molecule has 0 aliphatic carbocycles. The van der Waals surface area contributed by atoms with Crippen molar-refractivity contribution < 1.29 is 34.1 Å². The fraction of sp³-hybridized carbons (Fsp3) is 0.333. The Hall–Kier alpha value is -3.30. The van der Waals surface area contributed by atoms with Crippen molar-refractivity contribution in [2.75, 3.05) is 13.2 Å². The molecule has 1 aliphatic rings. The minimum atomic E-state index is -1.73. The number of aldehydes is 1. The Balaban J connectivity index is 1.74. The van der Waals surface area contributed by atoms with Gasteiger partial charge in [0, 0.05) is 18.4 Å². The van der Waals surface area contributed by atoms with Gasteiger partial charge in [-0.25, -0.2) is 0 Å². The lowest BCUT2D eigenvalue weighted by Crippen LogP contribution is -2.51. The van der Waals surface area contributed by atoms with Crippen LogP contribution >= 0.6 is 0 Å². The molecule has 1 amide bonds. The van der Waals surface area contributed by atoms with Crippen LogP contribution in [0.1, 0.15) is 6.42 Å².